The van der Waals surface area contributed by atoms with E-state index in [4.69, 9.17) is 0 Å². The highest BCUT2D eigenvalue weighted by atomic mass is 15.0. The second kappa shape index (κ2) is 5.57. The molecule has 0 aromatic carbocycles. The summed E-state index contributed by atoms with van der Waals surface area (Å²) in [7, 11) is 4.14. The molecule has 0 unspecified atom stereocenters. The number of hydrogen-bond donors (Lipinski definition) is 0. The van der Waals surface area contributed by atoms with Gasteiger partial charge < -0.3 is 4.90 Å². The Morgan fingerprint density at radius 1 is 1.44 bits per heavy atom. The Bertz CT molecular complexity index is 92.7. The van der Waals surface area contributed by atoms with Crippen molar-refractivity contribution in [1.29, 1.82) is 0 Å². The van der Waals surface area contributed by atoms with E-state index in [0.29, 0.717) is 0 Å². The molecule has 0 radical (unpaired) electrons. The molecular formula is C8H15N. The van der Waals surface area contributed by atoms with Gasteiger partial charge in [-0.1, -0.05) is 24.8 Å². The van der Waals surface area contributed by atoms with E-state index >= 15 is 0 Å². The standard InChI is InChI=1S/C8H15N/c1-4-5-6-7-8-9(2)3/h4-6H,1,7-8H2,2-3H3. The van der Waals surface area contributed by atoms with Crippen molar-refractivity contribution in [3.8, 4) is 0 Å². The van der Waals surface area contributed by atoms with Gasteiger partial charge in [0.15, 0.2) is 0 Å². The maximum absolute atomic E-state index is 3.58. The second-order valence-corrected chi connectivity index (χ2v) is 2.26. The minimum atomic E-state index is 1.11. The normalized spacial score (nSPS) is 11.0. The lowest BCUT2D eigenvalue weighted by molar-refractivity contribution is 0.417. The fourth-order valence-electron chi connectivity index (χ4n) is 0.525. The molecule has 0 aromatic rings. The minimum Gasteiger partial charge on any atom is -0.309 e. The highest BCUT2D eigenvalue weighted by Gasteiger charge is 1.82. The van der Waals surface area contributed by atoms with Crippen molar-refractivity contribution >= 4 is 0 Å². The summed E-state index contributed by atoms with van der Waals surface area (Å²) in [5.41, 5.74) is 0. The Hall–Kier alpha value is -0.560. The van der Waals surface area contributed by atoms with Crippen molar-refractivity contribution in [2.24, 2.45) is 0 Å². The van der Waals surface area contributed by atoms with Gasteiger partial charge in [-0.2, -0.15) is 0 Å². The zero-order chi connectivity index (χ0) is 7.11. The van der Waals surface area contributed by atoms with Crippen LogP contribution in [0.15, 0.2) is 24.8 Å². The van der Waals surface area contributed by atoms with E-state index in [0.717, 1.165) is 13.0 Å². The number of nitrogens with zero attached hydrogens (tertiary/aromatic N) is 1. The van der Waals surface area contributed by atoms with E-state index in [1.165, 1.54) is 0 Å². The lowest BCUT2D eigenvalue weighted by Crippen LogP contribution is -2.11. The van der Waals surface area contributed by atoms with Gasteiger partial charge in [0.25, 0.3) is 0 Å². The van der Waals surface area contributed by atoms with Gasteiger partial charge in [-0.05, 0) is 20.5 Å². The molecule has 0 atom stereocenters. The van der Waals surface area contributed by atoms with Crippen molar-refractivity contribution < 1.29 is 0 Å². The van der Waals surface area contributed by atoms with Crippen LogP contribution in [0.25, 0.3) is 0 Å². The third kappa shape index (κ3) is 7.44. The lowest BCUT2D eigenvalue weighted by Gasteiger charge is -2.04. The monoisotopic (exact) mass is 125 g/mol. The number of allylic oxidation sites excluding steroid dienone is 2. The van der Waals surface area contributed by atoms with E-state index in [9.17, 15) is 0 Å². The summed E-state index contributed by atoms with van der Waals surface area (Å²) in [5.74, 6) is 0. The van der Waals surface area contributed by atoms with E-state index < -0.39 is 0 Å². The molecule has 52 valence electrons. The largest absolute Gasteiger partial charge is 0.309 e. The van der Waals surface area contributed by atoms with Crippen LogP contribution in [0, 0.1) is 0 Å². The van der Waals surface area contributed by atoms with Crippen LogP contribution in [0.5, 0.6) is 0 Å². The summed E-state index contributed by atoms with van der Waals surface area (Å²) in [6, 6.07) is 0. The van der Waals surface area contributed by atoms with Crippen LogP contribution < -0.4 is 0 Å². The maximum atomic E-state index is 3.58. The zero-order valence-electron chi connectivity index (χ0n) is 6.30. The summed E-state index contributed by atoms with van der Waals surface area (Å²) in [4.78, 5) is 2.16. The molecule has 0 rings (SSSR count). The number of rotatable bonds is 4. The number of hydrogen-bond acceptors (Lipinski definition) is 1. The van der Waals surface area contributed by atoms with Gasteiger partial charge in [0, 0.05) is 6.54 Å². The van der Waals surface area contributed by atoms with Crippen LogP contribution in [-0.4, -0.2) is 25.5 Å². The summed E-state index contributed by atoms with van der Waals surface area (Å²) < 4.78 is 0. The van der Waals surface area contributed by atoms with Gasteiger partial charge in [0.1, 0.15) is 0 Å². The molecule has 9 heavy (non-hydrogen) atoms. The van der Waals surface area contributed by atoms with Crippen LogP contribution in [-0.2, 0) is 0 Å². The summed E-state index contributed by atoms with van der Waals surface area (Å²) in [6.45, 7) is 4.69. The van der Waals surface area contributed by atoms with Gasteiger partial charge in [0.05, 0.1) is 0 Å². The van der Waals surface area contributed by atoms with Gasteiger partial charge in [-0.15, -0.1) is 0 Å². The lowest BCUT2D eigenvalue weighted by atomic mass is 10.3. The molecule has 0 aliphatic heterocycles. The molecule has 0 bridgehead atoms. The van der Waals surface area contributed by atoms with Crippen LogP contribution in [0.3, 0.4) is 0 Å². The van der Waals surface area contributed by atoms with Gasteiger partial charge in [-0.25, -0.2) is 0 Å². The molecule has 0 amide bonds. The van der Waals surface area contributed by atoms with Crippen LogP contribution in [0.2, 0.25) is 0 Å². The Labute approximate surface area is 57.7 Å². The molecule has 0 fully saturated rings. The SMILES string of the molecule is C=CC=CCCN(C)C. The molecule has 0 aliphatic carbocycles. The molecule has 0 N–H and O–H groups in total. The minimum absolute atomic E-state index is 1.11. The van der Waals surface area contributed by atoms with Crippen LogP contribution in [0.1, 0.15) is 6.42 Å². The van der Waals surface area contributed by atoms with Gasteiger partial charge >= 0.3 is 0 Å². The van der Waals surface area contributed by atoms with Crippen molar-refractivity contribution in [2.45, 2.75) is 6.42 Å². The fourth-order valence-corrected chi connectivity index (χ4v) is 0.525. The Balaban J connectivity index is 3.08. The third-order valence-corrected chi connectivity index (χ3v) is 1.02. The quantitative estimate of drug-likeness (QED) is 0.517. The average molecular weight is 125 g/mol. The Morgan fingerprint density at radius 2 is 2.11 bits per heavy atom. The summed E-state index contributed by atoms with van der Waals surface area (Å²) in [6.07, 6.45) is 7.01. The Kier molecular flexibility index (Phi) is 5.23. The average Bonchev–Trinajstić information content (AvgIpc) is 1.80. The first-order valence-electron chi connectivity index (χ1n) is 3.19. The summed E-state index contributed by atoms with van der Waals surface area (Å²) in [5, 5.41) is 0. The van der Waals surface area contributed by atoms with E-state index in [1.54, 1.807) is 6.08 Å². The molecule has 0 aliphatic rings. The van der Waals surface area contributed by atoms with Crippen molar-refractivity contribution in [3.63, 3.8) is 0 Å². The van der Waals surface area contributed by atoms with E-state index in [2.05, 4.69) is 31.7 Å². The Morgan fingerprint density at radius 3 is 2.56 bits per heavy atom. The van der Waals surface area contributed by atoms with Crippen LogP contribution in [0.4, 0.5) is 0 Å². The predicted molar refractivity (Wildman–Crippen MR) is 42.5 cm³/mol. The van der Waals surface area contributed by atoms with Crippen LogP contribution >= 0.6 is 0 Å². The predicted octanol–water partition coefficient (Wildman–Crippen LogP) is 1.68. The smallest absolute Gasteiger partial charge is 0.000991 e. The first-order chi connectivity index (χ1) is 4.27. The molecule has 1 heteroatoms. The molecule has 0 aromatic heterocycles. The summed E-state index contributed by atoms with van der Waals surface area (Å²) >= 11 is 0. The third-order valence-electron chi connectivity index (χ3n) is 1.02. The van der Waals surface area contributed by atoms with E-state index in [1.807, 2.05) is 6.08 Å². The van der Waals surface area contributed by atoms with Crippen molar-refractivity contribution in [1.82, 2.24) is 4.90 Å². The van der Waals surface area contributed by atoms with Crippen molar-refractivity contribution in [3.05, 3.63) is 24.8 Å². The topological polar surface area (TPSA) is 3.24 Å². The first kappa shape index (κ1) is 8.44. The molecule has 0 saturated heterocycles. The second-order valence-electron chi connectivity index (χ2n) is 2.26. The molecule has 1 nitrogen and oxygen atoms in total. The first-order valence-corrected chi connectivity index (χ1v) is 3.19. The van der Waals surface area contributed by atoms with E-state index in [-0.39, 0.29) is 0 Å². The van der Waals surface area contributed by atoms with Gasteiger partial charge in [-0.3, -0.25) is 0 Å². The maximum Gasteiger partial charge on any atom is 0.000991 e. The van der Waals surface area contributed by atoms with Crippen molar-refractivity contribution in [2.75, 3.05) is 20.6 Å². The van der Waals surface area contributed by atoms with Gasteiger partial charge in [0.2, 0.25) is 0 Å². The highest BCUT2D eigenvalue weighted by Crippen LogP contribution is 1.84. The molecular weight excluding hydrogens is 110 g/mol. The molecule has 0 saturated carbocycles. The highest BCUT2D eigenvalue weighted by molar-refractivity contribution is 4.96. The molecule has 0 spiro atoms. The molecule has 0 heterocycles. The fraction of sp³-hybridized carbons (Fsp3) is 0.500. The zero-order valence-corrected chi connectivity index (χ0v) is 6.30.